The molecule has 148 valence electrons. The van der Waals surface area contributed by atoms with E-state index >= 15 is 0 Å². The number of benzene rings is 2. The molecule has 0 atom stereocenters. The Labute approximate surface area is 172 Å². The van der Waals surface area contributed by atoms with Gasteiger partial charge in [-0.1, -0.05) is 28.9 Å². The molecular weight excluding hydrogens is 444 g/mol. The number of ether oxygens (including phenoxy) is 1. The predicted molar refractivity (Wildman–Crippen MR) is 111 cm³/mol. The predicted octanol–water partition coefficient (Wildman–Crippen LogP) is 5.30. The first-order valence-corrected chi connectivity index (χ1v) is 11.5. The maximum atomic E-state index is 12.7. The SMILES string of the molecule is CCCc1oc2ccc(CS(=O)(=O)c3ccc(Br)cc3)cc2c1C(=O)OCC. The Morgan fingerprint density at radius 2 is 1.82 bits per heavy atom. The molecule has 0 saturated carbocycles. The number of furan rings is 1. The van der Waals surface area contributed by atoms with Gasteiger partial charge in [0.15, 0.2) is 9.84 Å². The second-order valence-electron chi connectivity index (χ2n) is 6.41. The van der Waals surface area contributed by atoms with Crippen molar-refractivity contribution in [3.05, 3.63) is 63.8 Å². The van der Waals surface area contributed by atoms with Crippen LogP contribution in [0.1, 0.15) is 41.9 Å². The molecule has 0 aliphatic carbocycles. The summed E-state index contributed by atoms with van der Waals surface area (Å²) in [6, 6.07) is 11.7. The normalized spacial score (nSPS) is 11.7. The van der Waals surface area contributed by atoms with Gasteiger partial charge in [0, 0.05) is 16.3 Å². The molecule has 7 heteroatoms. The van der Waals surface area contributed by atoms with E-state index in [2.05, 4.69) is 15.9 Å². The minimum absolute atomic E-state index is 0.166. The van der Waals surface area contributed by atoms with Crippen LogP contribution in [-0.2, 0) is 26.7 Å². The fraction of sp³-hybridized carbons (Fsp3) is 0.286. The number of esters is 1. The van der Waals surface area contributed by atoms with Crippen molar-refractivity contribution in [2.75, 3.05) is 6.61 Å². The standard InChI is InChI=1S/C21H21BrO5S/c1-3-5-19-20(21(23)26-4-2)17-12-14(6-11-18(17)27-19)13-28(24,25)16-9-7-15(22)8-10-16/h6-12H,3-5,13H2,1-2H3. The summed E-state index contributed by atoms with van der Waals surface area (Å²) in [4.78, 5) is 12.7. The van der Waals surface area contributed by atoms with E-state index in [-0.39, 0.29) is 17.3 Å². The first-order valence-electron chi connectivity index (χ1n) is 9.05. The van der Waals surface area contributed by atoms with E-state index in [1.807, 2.05) is 6.92 Å². The maximum absolute atomic E-state index is 12.7. The first kappa shape index (κ1) is 20.6. The van der Waals surface area contributed by atoms with Crippen LogP contribution in [0.4, 0.5) is 0 Å². The van der Waals surface area contributed by atoms with Gasteiger partial charge < -0.3 is 9.15 Å². The first-order chi connectivity index (χ1) is 13.4. The van der Waals surface area contributed by atoms with Crippen molar-refractivity contribution in [3.8, 4) is 0 Å². The van der Waals surface area contributed by atoms with Gasteiger partial charge in [0.2, 0.25) is 0 Å². The zero-order valence-corrected chi connectivity index (χ0v) is 18.1. The summed E-state index contributed by atoms with van der Waals surface area (Å²) in [5.41, 5.74) is 1.53. The van der Waals surface area contributed by atoms with Gasteiger partial charge in [0.25, 0.3) is 0 Å². The van der Waals surface area contributed by atoms with Crippen LogP contribution in [0.2, 0.25) is 0 Å². The summed E-state index contributed by atoms with van der Waals surface area (Å²) in [5.74, 6) is -0.0392. The molecule has 1 heterocycles. The fourth-order valence-corrected chi connectivity index (χ4v) is 4.66. The molecule has 5 nitrogen and oxygen atoms in total. The van der Waals surface area contributed by atoms with Crippen LogP contribution in [0.3, 0.4) is 0 Å². The van der Waals surface area contributed by atoms with Crippen LogP contribution < -0.4 is 0 Å². The average Bonchev–Trinajstić information content (AvgIpc) is 2.99. The molecule has 0 spiro atoms. The molecule has 0 fully saturated rings. The van der Waals surface area contributed by atoms with E-state index in [0.29, 0.717) is 34.3 Å². The molecule has 3 rings (SSSR count). The summed E-state index contributed by atoms with van der Waals surface area (Å²) in [6.45, 7) is 4.00. The lowest BCUT2D eigenvalue weighted by Gasteiger charge is -2.06. The third-order valence-electron chi connectivity index (χ3n) is 4.31. The third kappa shape index (κ3) is 4.31. The number of fused-ring (bicyclic) bond motifs is 1. The monoisotopic (exact) mass is 464 g/mol. The second-order valence-corrected chi connectivity index (χ2v) is 9.32. The van der Waals surface area contributed by atoms with Crippen LogP contribution in [0, 0.1) is 0 Å². The zero-order valence-electron chi connectivity index (χ0n) is 15.7. The summed E-state index contributed by atoms with van der Waals surface area (Å²) >= 11 is 3.31. The quantitative estimate of drug-likeness (QED) is 0.443. The Morgan fingerprint density at radius 3 is 2.46 bits per heavy atom. The topological polar surface area (TPSA) is 73.6 Å². The Bertz CT molecular complexity index is 1100. The summed E-state index contributed by atoms with van der Waals surface area (Å²) in [6.07, 6.45) is 1.42. The molecule has 0 unspecified atom stereocenters. The Balaban J connectivity index is 2.02. The second kappa shape index (κ2) is 8.49. The van der Waals surface area contributed by atoms with Gasteiger partial charge in [-0.05, 0) is 55.3 Å². The van der Waals surface area contributed by atoms with E-state index in [0.717, 1.165) is 10.9 Å². The highest BCUT2D eigenvalue weighted by Gasteiger charge is 2.23. The fourth-order valence-electron chi connectivity index (χ4n) is 3.06. The Morgan fingerprint density at radius 1 is 1.11 bits per heavy atom. The molecule has 28 heavy (non-hydrogen) atoms. The summed E-state index contributed by atoms with van der Waals surface area (Å²) in [5, 5.41) is 0.588. The van der Waals surface area contributed by atoms with Crippen molar-refractivity contribution < 1.29 is 22.4 Å². The van der Waals surface area contributed by atoms with Crippen molar-refractivity contribution >= 4 is 42.7 Å². The molecule has 1 aromatic heterocycles. The molecule has 0 N–H and O–H groups in total. The van der Waals surface area contributed by atoms with Crippen LogP contribution in [-0.4, -0.2) is 21.0 Å². The number of aryl methyl sites for hydroxylation is 1. The van der Waals surface area contributed by atoms with Gasteiger partial charge in [-0.2, -0.15) is 0 Å². The zero-order chi connectivity index (χ0) is 20.3. The van der Waals surface area contributed by atoms with Crippen molar-refractivity contribution in [3.63, 3.8) is 0 Å². The van der Waals surface area contributed by atoms with E-state index in [1.54, 1.807) is 49.4 Å². The number of hydrogen-bond donors (Lipinski definition) is 0. The van der Waals surface area contributed by atoms with Crippen molar-refractivity contribution in [1.82, 2.24) is 0 Å². The van der Waals surface area contributed by atoms with Crippen molar-refractivity contribution in [2.45, 2.75) is 37.3 Å². The third-order valence-corrected chi connectivity index (χ3v) is 6.54. The van der Waals surface area contributed by atoms with Gasteiger partial charge >= 0.3 is 5.97 Å². The highest BCUT2D eigenvalue weighted by atomic mass is 79.9. The van der Waals surface area contributed by atoms with Gasteiger partial charge in [0.1, 0.15) is 16.9 Å². The molecule has 0 saturated heterocycles. The summed E-state index contributed by atoms with van der Waals surface area (Å²) < 4.78 is 37.3. The van der Waals surface area contributed by atoms with Gasteiger partial charge in [-0.15, -0.1) is 0 Å². The lowest BCUT2D eigenvalue weighted by Crippen LogP contribution is -2.07. The summed E-state index contributed by atoms with van der Waals surface area (Å²) in [7, 11) is -3.51. The number of hydrogen-bond acceptors (Lipinski definition) is 5. The van der Waals surface area contributed by atoms with Crippen LogP contribution >= 0.6 is 15.9 Å². The molecular formula is C21H21BrO5S. The highest BCUT2D eigenvalue weighted by molar-refractivity contribution is 9.10. The average molecular weight is 465 g/mol. The molecule has 3 aromatic rings. The Kier molecular flexibility index (Phi) is 6.25. The van der Waals surface area contributed by atoms with E-state index in [4.69, 9.17) is 9.15 Å². The van der Waals surface area contributed by atoms with Crippen molar-refractivity contribution in [2.24, 2.45) is 0 Å². The number of carbonyl (C=O) groups is 1. The maximum Gasteiger partial charge on any atom is 0.342 e. The largest absolute Gasteiger partial charge is 0.462 e. The van der Waals surface area contributed by atoms with Gasteiger partial charge in [0.05, 0.1) is 17.3 Å². The smallest absolute Gasteiger partial charge is 0.342 e. The number of sulfone groups is 1. The number of halogens is 1. The molecule has 0 aliphatic rings. The lowest BCUT2D eigenvalue weighted by atomic mass is 10.1. The minimum atomic E-state index is -3.51. The number of rotatable bonds is 7. The minimum Gasteiger partial charge on any atom is -0.462 e. The van der Waals surface area contributed by atoms with Gasteiger partial charge in [-0.25, -0.2) is 13.2 Å². The molecule has 0 amide bonds. The molecule has 2 aromatic carbocycles. The van der Waals surface area contributed by atoms with E-state index < -0.39 is 15.8 Å². The van der Waals surface area contributed by atoms with Gasteiger partial charge in [-0.3, -0.25) is 0 Å². The van der Waals surface area contributed by atoms with Crippen LogP contribution in [0.5, 0.6) is 0 Å². The molecule has 0 bridgehead atoms. The molecule has 0 radical (unpaired) electrons. The highest BCUT2D eigenvalue weighted by Crippen LogP contribution is 2.30. The molecule has 0 aliphatic heterocycles. The Hall–Kier alpha value is -2.12. The lowest BCUT2D eigenvalue weighted by molar-refractivity contribution is 0.0526. The number of carbonyl (C=O) groups excluding carboxylic acids is 1. The van der Waals surface area contributed by atoms with E-state index in [9.17, 15) is 13.2 Å². The van der Waals surface area contributed by atoms with Crippen molar-refractivity contribution in [1.29, 1.82) is 0 Å². The van der Waals surface area contributed by atoms with E-state index in [1.165, 1.54) is 0 Å². The van der Waals surface area contributed by atoms with Crippen LogP contribution in [0.15, 0.2) is 56.2 Å². The van der Waals surface area contributed by atoms with Crippen LogP contribution in [0.25, 0.3) is 11.0 Å².